The molecule has 0 aliphatic rings. The molecule has 0 unspecified atom stereocenters. The number of aryl methyl sites for hydroxylation is 1. The predicted octanol–water partition coefficient (Wildman–Crippen LogP) is 3.71. The van der Waals surface area contributed by atoms with Crippen molar-refractivity contribution in [3.63, 3.8) is 0 Å². The number of fused-ring (bicyclic) bond motifs is 3. The molecule has 0 spiro atoms. The number of methoxy groups -OCH3 is 2. The van der Waals surface area contributed by atoms with Crippen molar-refractivity contribution in [2.45, 2.75) is 13.5 Å². The summed E-state index contributed by atoms with van der Waals surface area (Å²) in [7, 11) is 3.01. The van der Waals surface area contributed by atoms with Crippen LogP contribution in [0.3, 0.4) is 0 Å². The minimum absolute atomic E-state index is 0.245. The SMILES string of the molecule is COc1ccc(OC)c(NC(=O)Cn2c(C)nc3c(sc4cccc(F)c43)c2=O)c1. The third kappa shape index (κ3) is 3.37. The molecule has 30 heavy (non-hydrogen) atoms. The molecule has 0 aliphatic heterocycles. The van der Waals surface area contributed by atoms with Crippen molar-refractivity contribution in [2.75, 3.05) is 19.5 Å². The Morgan fingerprint density at radius 3 is 2.77 bits per heavy atom. The monoisotopic (exact) mass is 427 g/mol. The second kappa shape index (κ2) is 7.75. The number of halogens is 1. The maximum Gasteiger partial charge on any atom is 0.272 e. The summed E-state index contributed by atoms with van der Waals surface area (Å²) in [5.41, 5.74) is 0.359. The van der Waals surface area contributed by atoms with Crippen LogP contribution in [0.1, 0.15) is 5.82 Å². The molecule has 0 saturated carbocycles. The van der Waals surface area contributed by atoms with Crippen molar-refractivity contribution in [1.82, 2.24) is 9.55 Å². The zero-order valence-corrected chi connectivity index (χ0v) is 17.3. The lowest BCUT2D eigenvalue weighted by molar-refractivity contribution is -0.116. The molecule has 0 radical (unpaired) electrons. The predicted molar refractivity (Wildman–Crippen MR) is 114 cm³/mol. The van der Waals surface area contributed by atoms with E-state index < -0.39 is 11.7 Å². The fourth-order valence-electron chi connectivity index (χ4n) is 3.27. The van der Waals surface area contributed by atoms with E-state index in [4.69, 9.17) is 9.47 Å². The van der Waals surface area contributed by atoms with Crippen LogP contribution in [0, 0.1) is 12.7 Å². The van der Waals surface area contributed by atoms with Gasteiger partial charge in [0.05, 0.1) is 30.8 Å². The van der Waals surface area contributed by atoms with Gasteiger partial charge in [0, 0.05) is 10.8 Å². The molecule has 0 fully saturated rings. The van der Waals surface area contributed by atoms with Crippen molar-refractivity contribution in [3.05, 3.63) is 58.4 Å². The summed E-state index contributed by atoms with van der Waals surface area (Å²) >= 11 is 1.16. The van der Waals surface area contributed by atoms with E-state index in [2.05, 4.69) is 10.3 Å². The molecule has 2 heterocycles. The Kier molecular flexibility index (Phi) is 5.13. The fourth-order valence-corrected chi connectivity index (χ4v) is 4.37. The van der Waals surface area contributed by atoms with Gasteiger partial charge in [-0.15, -0.1) is 11.3 Å². The van der Waals surface area contributed by atoms with Gasteiger partial charge in [-0.25, -0.2) is 9.37 Å². The van der Waals surface area contributed by atoms with Crippen LogP contribution in [0.4, 0.5) is 10.1 Å². The smallest absolute Gasteiger partial charge is 0.272 e. The third-order valence-electron chi connectivity index (χ3n) is 4.73. The number of rotatable bonds is 5. The number of anilines is 1. The molecule has 0 aliphatic carbocycles. The van der Waals surface area contributed by atoms with Crippen LogP contribution in [-0.4, -0.2) is 29.7 Å². The van der Waals surface area contributed by atoms with Gasteiger partial charge in [0.15, 0.2) is 0 Å². The van der Waals surface area contributed by atoms with Gasteiger partial charge in [0.1, 0.15) is 34.4 Å². The van der Waals surface area contributed by atoms with E-state index >= 15 is 0 Å². The minimum Gasteiger partial charge on any atom is -0.497 e. The fraction of sp³-hybridized carbons (Fsp3) is 0.190. The number of aromatic nitrogens is 2. The molecule has 0 atom stereocenters. The van der Waals surface area contributed by atoms with E-state index in [0.29, 0.717) is 43.3 Å². The van der Waals surface area contributed by atoms with Crippen LogP contribution < -0.4 is 20.3 Å². The second-order valence-electron chi connectivity index (χ2n) is 6.56. The van der Waals surface area contributed by atoms with Gasteiger partial charge in [-0.3, -0.25) is 14.2 Å². The van der Waals surface area contributed by atoms with E-state index in [9.17, 15) is 14.0 Å². The van der Waals surface area contributed by atoms with E-state index in [1.165, 1.54) is 24.9 Å². The highest BCUT2D eigenvalue weighted by atomic mass is 32.1. The number of carbonyl (C=O) groups is 1. The Morgan fingerprint density at radius 2 is 2.03 bits per heavy atom. The van der Waals surface area contributed by atoms with Gasteiger partial charge in [-0.05, 0) is 31.2 Å². The molecule has 2 aromatic heterocycles. The van der Waals surface area contributed by atoms with Gasteiger partial charge in [-0.2, -0.15) is 0 Å². The summed E-state index contributed by atoms with van der Waals surface area (Å²) < 4.78 is 26.9. The van der Waals surface area contributed by atoms with Crippen LogP contribution >= 0.6 is 11.3 Å². The van der Waals surface area contributed by atoms with Crippen LogP contribution in [0.25, 0.3) is 20.3 Å². The molecule has 0 saturated heterocycles. The van der Waals surface area contributed by atoms with Crippen LogP contribution in [0.5, 0.6) is 11.5 Å². The summed E-state index contributed by atoms with van der Waals surface area (Å²) in [5.74, 6) is 0.477. The summed E-state index contributed by atoms with van der Waals surface area (Å²) in [5, 5.41) is 3.06. The quantitative estimate of drug-likeness (QED) is 0.525. The maximum atomic E-state index is 14.3. The number of hydrogen-bond donors (Lipinski definition) is 1. The first-order chi connectivity index (χ1) is 14.4. The van der Waals surface area contributed by atoms with Crippen LogP contribution in [0.15, 0.2) is 41.2 Å². The van der Waals surface area contributed by atoms with Crippen LogP contribution in [0.2, 0.25) is 0 Å². The molecule has 4 aromatic rings. The summed E-state index contributed by atoms with van der Waals surface area (Å²) in [4.78, 5) is 30.1. The first kappa shape index (κ1) is 19.8. The Morgan fingerprint density at radius 1 is 1.23 bits per heavy atom. The van der Waals surface area contributed by atoms with E-state index in [0.717, 1.165) is 11.3 Å². The number of ether oxygens (including phenoxy) is 2. The highest BCUT2D eigenvalue weighted by Gasteiger charge is 2.18. The Labute approximate surface area is 174 Å². The molecule has 1 N–H and O–H groups in total. The Bertz CT molecular complexity index is 1350. The molecule has 1 amide bonds. The highest BCUT2D eigenvalue weighted by molar-refractivity contribution is 7.25. The third-order valence-corrected chi connectivity index (χ3v) is 5.86. The number of hydrogen-bond acceptors (Lipinski definition) is 6. The van der Waals surface area contributed by atoms with E-state index in [-0.39, 0.29) is 12.1 Å². The van der Waals surface area contributed by atoms with Crippen molar-refractivity contribution >= 4 is 43.2 Å². The molecular formula is C21H18FN3O4S. The van der Waals surface area contributed by atoms with Gasteiger partial charge in [0.25, 0.3) is 5.56 Å². The van der Waals surface area contributed by atoms with Crippen molar-refractivity contribution < 1.29 is 18.7 Å². The van der Waals surface area contributed by atoms with E-state index in [1.54, 1.807) is 37.3 Å². The molecule has 7 nitrogen and oxygen atoms in total. The number of thiophene rings is 1. The van der Waals surface area contributed by atoms with Crippen molar-refractivity contribution in [1.29, 1.82) is 0 Å². The number of amides is 1. The van der Waals surface area contributed by atoms with Crippen molar-refractivity contribution in [2.24, 2.45) is 0 Å². The van der Waals surface area contributed by atoms with Gasteiger partial charge in [0.2, 0.25) is 5.91 Å². The minimum atomic E-state index is -0.430. The number of benzene rings is 2. The standard InChI is InChI=1S/C21H18FN3O4S/c1-11-23-19-18-13(22)5-4-6-16(18)30-20(19)21(27)25(11)10-17(26)24-14-9-12(28-2)7-8-15(14)29-3/h4-9H,10H2,1-3H3,(H,24,26). The highest BCUT2D eigenvalue weighted by Crippen LogP contribution is 2.32. The van der Waals surface area contributed by atoms with Crippen molar-refractivity contribution in [3.8, 4) is 11.5 Å². The zero-order valence-electron chi connectivity index (χ0n) is 16.5. The van der Waals surface area contributed by atoms with Gasteiger partial charge >= 0.3 is 0 Å². The lowest BCUT2D eigenvalue weighted by Crippen LogP contribution is -2.29. The Hall–Kier alpha value is -3.46. The van der Waals surface area contributed by atoms with Gasteiger partial charge < -0.3 is 14.8 Å². The average molecular weight is 427 g/mol. The van der Waals surface area contributed by atoms with Crippen LogP contribution in [-0.2, 0) is 11.3 Å². The molecule has 154 valence electrons. The number of carbonyl (C=O) groups excluding carboxylic acids is 1. The molecule has 4 rings (SSSR count). The summed E-state index contributed by atoms with van der Waals surface area (Å²) in [6, 6.07) is 9.68. The average Bonchev–Trinajstić information content (AvgIpc) is 3.11. The Balaban J connectivity index is 1.71. The zero-order chi connectivity index (χ0) is 21.4. The summed E-state index contributed by atoms with van der Waals surface area (Å²) in [6.07, 6.45) is 0. The first-order valence-electron chi connectivity index (χ1n) is 9.03. The van der Waals surface area contributed by atoms with Gasteiger partial charge in [-0.1, -0.05) is 6.07 Å². The first-order valence-corrected chi connectivity index (χ1v) is 9.84. The molecule has 0 bridgehead atoms. The lowest BCUT2D eigenvalue weighted by Gasteiger charge is -2.13. The normalized spacial score (nSPS) is 11.1. The molecule has 2 aromatic carbocycles. The number of nitrogens with zero attached hydrogens (tertiary/aromatic N) is 2. The molecule has 9 heteroatoms. The topological polar surface area (TPSA) is 82.4 Å². The largest absolute Gasteiger partial charge is 0.497 e. The van der Waals surface area contributed by atoms with E-state index in [1.807, 2.05) is 0 Å². The summed E-state index contributed by atoms with van der Waals surface area (Å²) in [6.45, 7) is 1.37. The molecular weight excluding hydrogens is 409 g/mol. The lowest BCUT2D eigenvalue weighted by atomic mass is 10.2. The second-order valence-corrected chi connectivity index (χ2v) is 7.61. The maximum absolute atomic E-state index is 14.3. The number of nitrogens with one attached hydrogen (secondary N) is 1.